The fourth-order valence-corrected chi connectivity index (χ4v) is 2.88. The SMILES string of the molecule is CCc1nc2c(C)cccn2c1C(=O)N1CCN(C)CC1. The number of pyridine rings is 1. The van der Waals surface area contributed by atoms with E-state index < -0.39 is 0 Å². The van der Waals surface area contributed by atoms with Crippen molar-refractivity contribution < 1.29 is 4.79 Å². The van der Waals surface area contributed by atoms with Crippen LogP contribution in [-0.2, 0) is 6.42 Å². The molecule has 2 aromatic heterocycles. The summed E-state index contributed by atoms with van der Waals surface area (Å²) in [6, 6.07) is 4.01. The Morgan fingerprint density at radius 3 is 2.67 bits per heavy atom. The van der Waals surface area contributed by atoms with Gasteiger partial charge in [-0.15, -0.1) is 0 Å². The van der Waals surface area contributed by atoms with E-state index in [0.717, 1.165) is 55.2 Å². The van der Waals surface area contributed by atoms with Crippen LogP contribution in [0.15, 0.2) is 18.3 Å². The van der Waals surface area contributed by atoms with Crippen molar-refractivity contribution in [1.82, 2.24) is 19.2 Å². The Balaban J connectivity index is 2.02. The first-order valence-corrected chi connectivity index (χ1v) is 7.56. The summed E-state index contributed by atoms with van der Waals surface area (Å²) in [5.41, 5.74) is 3.63. The number of hydrogen-bond acceptors (Lipinski definition) is 3. The first kappa shape index (κ1) is 14.1. The van der Waals surface area contributed by atoms with E-state index in [2.05, 4.69) is 23.9 Å². The fraction of sp³-hybridized carbons (Fsp3) is 0.500. The second-order valence-corrected chi connectivity index (χ2v) is 5.74. The van der Waals surface area contributed by atoms with Crippen molar-refractivity contribution in [3.05, 3.63) is 35.3 Å². The second kappa shape index (κ2) is 5.48. The van der Waals surface area contributed by atoms with Gasteiger partial charge in [-0.3, -0.25) is 9.20 Å². The number of fused-ring (bicyclic) bond motifs is 1. The van der Waals surface area contributed by atoms with E-state index in [1.54, 1.807) is 0 Å². The van der Waals surface area contributed by atoms with Gasteiger partial charge in [0.05, 0.1) is 5.69 Å². The van der Waals surface area contributed by atoms with Gasteiger partial charge >= 0.3 is 0 Å². The van der Waals surface area contributed by atoms with Gasteiger partial charge in [0.25, 0.3) is 5.91 Å². The second-order valence-electron chi connectivity index (χ2n) is 5.74. The molecule has 0 aliphatic carbocycles. The third-order valence-corrected chi connectivity index (χ3v) is 4.25. The van der Waals surface area contributed by atoms with Crippen LogP contribution in [0.2, 0.25) is 0 Å². The van der Waals surface area contributed by atoms with Gasteiger partial charge in [-0.25, -0.2) is 4.98 Å². The average Bonchev–Trinajstić information content (AvgIpc) is 2.87. The van der Waals surface area contributed by atoms with Crippen LogP contribution in [0.5, 0.6) is 0 Å². The molecule has 0 N–H and O–H groups in total. The zero-order valence-electron chi connectivity index (χ0n) is 13.0. The first-order chi connectivity index (χ1) is 10.1. The normalized spacial score (nSPS) is 16.6. The van der Waals surface area contributed by atoms with Crippen molar-refractivity contribution in [2.75, 3.05) is 33.2 Å². The Hall–Kier alpha value is -1.88. The summed E-state index contributed by atoms with van der Waals surface area (Å²) in [7, 11) is 2.09. The smallest absolute Gasteiger partial charge is 0.272 e. The van der Waals surface area contributed by atoms with Crippen LogP contribution in [0.1, 0.15) is 28.7 Å². The highest BCUT2D eigenvalue weighted by Crippen LogP contribution is 2.19. The summed E-state index contributed by atoms with van der Waals surface area (Å²) in [5.74, 6) is 0.109. The Kier molecular flexibility index (Phi) is 3.68. The Bertz CT molecular complexity index is 668. The van der Waals surface area contributed by atoms with Gasteiger partial charge in [0, 0.05) is 32.4 Å². The number of aryl methyl sites for hydroxylation is 2. The zero-order valence-corrected chi connectivity index (χ0v) is 13.0. The highest BCUT2D eigenvalue weighted by Gasteiger charge is 2.26. The van der Waals surface area contributed by atoms with Crippen molar-refractivity contribution in [1.29, 1.82) is 0 Å². The van der Waals surface area contributed by atoms with E-state index >= 15 is 0 Å². The van der Waals surface area contributed by atoms with E-state index in [1.807, 2.05) is 34.6 Å². The number of rotatable bonds is 2. The molecular formula is C16H22N4O. The number of hydrogen-bond donors (Lipinski definition) is 0. The molecule has 0 spiro atoms. The third-order valence-electron chi connectivity index (χ3n) is 4.25. The minimum Gasteiger partial charge on any atom is -0.335 e. The van der Waals surface area contributed by atoms with Crippen molar-refractivity contribution in [3.8, 4) is 0 Å². The van der Waals surface area contributed by atoms with E-state index in [4.69, 9.17) is 0 Å². The molecule has 5 nitrogen and oxygen atoms in total. The lowest BCUT2D eigenvalue weighted by atomic mass is 10.2. The number of piperazine rings is 1. The zero-order chi connectivity index (χ0) is 15.0. The summed E-state index contributed by atoms with van der Waals surface area (Å²) < 4.78 is 1.95. The Morgan fingerprint density at radius 1 is 1.29 bits per heavy atom. The molecule has 2 aromatic rings. The third kappa shape index (κ3) is 2.42. The monoisotopic (exact) mass is 286 g/mol. The molecule has 1 saturated heterocycles. The lowest BCUT2D eigenvalue weighted by Gasteiger charge is -2.32. The van der Waals surface area contributed by atoms with Gasteiger partial charge in [-0.05, 0) is 32.0 Å². The number of likely N-dealkylation sites (N-methyl/N-ethyl adjacent to an activating group) is 1. The summed E-state index contributed by atoms with van der Waals surface area (Å²) in [5, 5.41) is 0. The highest BCUT2D eigenvalue weighted by molar-refractivity contribution is 5.95. The maximum absolute atomic E-state index is 12.9. The van der Waals surface area contributed by atoms with E-state index in [9.17, 15) is 4.79 Å². The predicted octanol–water partition coefficient (Wildman–Crippen LogP) is 1.59. The lowest BCUT2D eigenvalue weighted by Crippen LogP contribution is -2.47. The van der Waals surface area contributed by atoms with E-state index in [-0.39, 0.29) is 5.91 Å². The number of aromatic nitrogens is 2. The van der Waals surface area contributed by atoms with Crippen LogP contribution in [-0.4, -0.2) is 58.3 Å². The first-order valence-electron chi connectivity index (χ1n) is 7.56. The van der Waals surface area contributed by atoms with Crippen molar-refractivity contribution >= 4 is 11.6 Å². The number of carbonyl (C=O) groups excluding carboxylic acids is 1. The molecule has 0 atom stereocenters. The number of amides is 1. The van der Waals surface area contributed by atoms with Crippen molar-refractivity contribution in [2.45, 2.75) is 20.3 Å². The molecule has 1 amide bonds. The number of carbonyl (C=O) groups is 1. The summed E-state index contributed by atoms with van der Waals surface area (Å²) >= 11 is 0. The van der Waals surface area contributed by atoms with E-state index in [0.29, 0.717) is 0 Å². The van der Waals surface area contributed by atoms with Gasteiger partial charge in [0.15, 0.2) is 0 Å². The quantitative estimate of drug-likeness (QED) is 0.842. The maximum atomic E-state index is 12.9. The van der Waals surface area contributed by atoms with Gasteiger partial charge in [-0.2, -0.15) is 0 Å². The molecule has 0 radical (unpaired) electrons. The molecule has 0 unspecified atom stereocenters. The largest absolute Gasteiger partial charge is 0.335 e. The van der Waals surface area contributed by atoms with Crippen LogP contribution in [0.4, 0.5) is 0 Å². The Labute approximate surface area is 125 Å². The molecule has 1 aliphatic rings. The number of nitrogens with zero attached hydrogens (tertiary/aromatic N) is 4. The summed E-state index contributed by atoms with van der Waals surface area (Å²) in [4.78, 5) is 21.8. The molecule has 0 bridgehead atoms. The maximum Gasteiger partial charge on any atom is 0.272 e. The molecular weight excluding hydrogens is 264 g/mol. The molecule has 5 heteroatoms. The highest BCUT2D eigenvalue weighted by atomic mass is 16.2. The number of imidazole rings is 1. The fourth-order valence-electron chi connectivity index (χ4n) is 2.88. The molecule has 1 aliphatic heterocycles. The van der Waals surface area contributed by atoms with Crippen LogP contribution in [0.3, 0.4) is 0 Å². The van der Waals surface area contributed by atoms with Gasteiger partial charge < -0.3 is 9.80 Å². The molecule has 3 rings (SSSR count). The topological polar surface area (TPSA) is 40.9 Å². The van der Waals surface area contributed by atoms with Gasteiger partial charge in [0.2, 0.25) is 0 Å². The standard InChI is InChI=1S/C16H22N4O/c1-4-13-14(16(21)19-10-8-18(3)9-11-19)20-7-5-6-12(2)15(20)17-13/h5-7H,4,8-11H2,1-3H3. The molecule has 0 saturated carbocycles. The summed E-state index contributed by atoms with van der Waals surface area (Å²) in [6.45, 7) is 7.53. The van der Waals surface area contributed by atoms with Gasteiger partial charge in [0.1, 0.15) is 11.3 Å². The van der Waals surface area contributed by atoms with E-state index in [1.165, 1.54) is 0 Å². The molecule has 112 valence electrons. The van der Waals surface area contributed by atoms with Crippen molar-refractivity contribution in [3.63, 3.8) is 0 Å². The minimum atomic E-state index is 0.109. The minimum absolute atomic E-state index is 0.109. The molecule has 1 fully saturated rings. The van der Waals surface area contributed by atoms with Crippen LogP contribution >= 0.6 is 0 Å². The molecule has 21 heavy (non-hydrogen) atoms. The Morgan fingerprint density at radius 2 is 2.00 bits per heavy atom. The molecule has 0 aromatic carbocycles. The lowest BCUT2D eigenvalue weighted by molar-refractivity contribution is 0.0656. The average molecular weight is 286 g/mol. The van der Waals surface area contributed by atoms with Crippen LogP contribution in [0, 0.1) is 6.92 Å². The van der Waals surface area contributed by atoms with Crippen molar-refractivity contribution in [2.24, 2.45) is 0 Å². The summed E-state index contributed by atoms with van der Waals surface area (Å²) in [6.07, 6.45) is 2.72. The van der Waals surface area contributed by atoms with Crippen LogP contribution < -0.4 is 0 Å². The van der Waals surface area contributed by atoms with Gasteiger partial charge in [-0.1, -0.05) is 13.0 Å². The molecule has 3 heterocycles. The van der Waals surface area contributed by atoms with Crippen LogP contribution in [0.25, 0.3) is 5.65 Å². The predicted molar refractivity (Wildman–Crippen MR) is 82.7 cm³/mol.